The second-order valence-electron chi connectivity index (χ2n) is 6.74. The molecule has 0 unspecified atom stereocenters. The SMILES string of the molecule is CC(C)(C)OC(=O)N[C@H](CCC(N)=O)C(=O)OC(C)(C)C. The van der Waals surface area contributed by atoms with Crippen LogP contribution in [0.3, 0.4) is 0 Å². The molecule has 0 rings (SSSR count). The first-order valence-electron chi connectivity index (χ1n) is 6.81. The number of primary amides is 1. The van der Waals surface area contributed by atoms with Crippen LogP contribution in [0.1, 0.15) is 54.4 Å². The lowest BCUT2D eigenvalue weighted by Crippen LogP contribution is -2.46. The van der Waals surface area contributed by atoms with Crippen LogP contribution in [-0.2, 0) is 19.1 Å². The van der Waals surface area contributed by atoms with Crippen LogP contribution in [0.2, 0.25) is 0 Å². The van der Waals surface area contributed by atoms with Crippen molar-refractivity contribution in [3.8, 4) is 0 Å². The van der Waals surface area contributed by atoms with Gasteiger partial charge in [-0.05, 0) is 48.0 Å². The number of ether oxygens (including phenoxy) is 2. The number of carbonyl (C=O) groups is 3. The number of hydrogen-bond donors (Lipinski definition) is 2. The molecule has 0 radical (unpaired) electrons. The number of alkyl carbamates (subject to hydrolysis) is 1. The van der Waals surface area contributed by atoms with Gasteiger partial charge in [0.25, 0.3) is 0 Å². The van der Waals surface area contributed by atoms with Crippen molar-refractivity contribution in [3.05, 3.63) is 0 Å². The summed E-state index contributed by atoms with van der Waals surface area (Å²) in [6.07, 6.45) is -0.730. The molecule has 1 atom stereocenters. The van der Waals surface area contributed by atoms with Crippen molar-refractivity contribution in [3.63, 3.8) is 0 Å². The van der Waals surface area contributed by atoms with Crippen LogP contribution >= 0.6 is 0 Å². The predicted molar refractivity (Wildman–Crippen MR) is 77.4 cm³/mol. The van der Waals surface area contributed by atoms with Crippen molar-refractivity contribution >= 4 is 18.0 Å². The van der Waals surface area contributed by atoms with Crippen molar-refractivity contribution in [2.24, 2.45) is 5.73 Å². The van der Waals surface area contributed by atoms with Crippen LogP contribution in [0.25, 0.3) is 0 Å². The van der Waals surface area contributed by atoms with Gasteiger partial charge in [-0.2, -0.15) is 0 Å². The van der Waals surface area contributed by atoms with Gasteiger partial charge in [0, 0.05) is 6.42 Å². The van der Waals surface area contributed by atoms with Gasteiger partial charge in [-0.1, -0.05) is 0 Å². The third kappa shape index (κ3) is 10.6. The van der Waals surface area contributed by atoms with Crippen LogP contribution in [0, 0.1) is 0 Å². The molecule has 2 amide bonds. The molecule has 0 aliphatic heterocycles. The Bertz CT molecular complexity index is 393. The normalized spacial score (nSPS) is 13.2. The highest BCUT2D eigenvalue weighted by atomic mass is 16.6. The third-order valence-electron chi connectivity index (χ3n) is 2.06. The molecule has 0 aliphatic carbocycles. The zero-order valence-corrected chi connectivity index (χ0v) is 13.6. The molecular formula is C14H26N2O5. The Hall–Kier alpha value is -1.79. The van der Waals surface area contributed by atoms with Crippen LogP contribution < -0.4 is 11.1 Å². The summed E-state index contributed by atoms with van der Waals surface area (Å²) in [6, 6.07) is -0.980. The lowest BCUT2D eigenvalue weighted by Gasteiger charge is -2.26. The number of esters is 1. The van der Waals surface area contributed by atoms with E-state index in [0.29, 0.717) is 0 Å². The zero-order chi connectivity index (χ0) is 16.8. The smallest absolute Gasteiger partial charge is 0.408 e. The Morgan fingerprint density at radius 3 is 1.86 bits per heavy atom. The van der Waals surface area contributed by atoms with E-state index in [1.54, 1.807) is 41.5 Å². The average molecular weight is 302 g/mol. The van der Waals surface area contributed by atoms with Gasteiger partial charge in [-0.25, -0.2) is 9.59 Å². The largest absolute Gasteiger partial charge is 0.458 e. The van der Waals surface area contributed by atoms with Crippen molar-refractivity contribution in [1.82, 2.24) is 5.32 Å². The quantitative estimate of drug-likeness (QED) is 0.748. The fraction of sp³-hybridized carbons (Fsp3) is 0.786. The van der Waals surface area contributed by atoms with Crippen molar-refractivity contribution in [2.75, 3.05) is 0 Å². The number of hydrogen-bond acceptors (Lipinski definition) is 5. The Balaban J connectivity index is 4.77. The molecule has 21 heavy (non-hydrogen) atoms. The summed E-state index contributed by atoms with van der Waals surface area (Å²) < 4.78 is 10.3. The molecule has 0 aromatic rings. The van der Waals surface area contributed by atoms with E-state index < -0.39 is 35.2 Å². The topological polar surface area (TPSA) is 108 Å². The number of carbonyl (C=O) groups excluding carboxylic acids is 3. The van der Waals surface area contributed by atoms with E-state index in [0.717, 1.165) is 0 Å². The molecule has 0 fully saturated rings. The molecule has 0 aromatic heterocycles. The first-order chi connectivity index (χ1) is 9.30. The van der Waals surface area contributed by atoms with Gasteiger partial charge in [0.1, 0.15) is 17.2 Å². The maximum atomic E-state index is 12.0. The highest BCUT2D eigenvalue weighted by molar-refractivity contribution is 5.82. The maximum absolute atomic E-state index is 12.0. The van der Waals surface area contributed by atoms with Crippen molar-refractivity contribution in [1.29, 1.82) is 0 Å². The van der Waals surface area contributed by atoms with E-state index in [1.165, 1.54) is 0 Å². The Kier molecular flexibility index (Phi) is 6.66. The number of nitrogens with one attached hydrogen (secondary N) is 1. The predicted octanol–water partition coefficient (Wildman–Crippen LogP) is 1.49. The van der Waals surface area contributed by atoms with E-state index in [1.807, 2.05) is 0 Å². The van der Waals surface area contributed by atoms with Gasteiger partial charge in [0.2, 0.25) is 5.91 Å². The van der Waals surface area contributed by atoms with E-state index in [2.05, 4.69) is 5.32 Å². The van der Waals surface area contributed by atoms with Gasteiger partial charge >= 0.3 is 12.1 Å². The van der Waals surface area contributed by atoms with Gasteiger partial charge in [-0.15, -0.1) is 0 Å². The maximum Gasteiger partial charge on any atom is 0.408 e. The fourth-order valence-corrected chi connectivity index (χ4v) is 1.36. The second kappa shape index (κ2) is 7.28. The molecule has 0 bridgehead atoms. The number of rotatable bonds is 5. The van der Waals surface area contributed by atoms with E-state index in [4.69, 9.17) is 15.2 Å². The minimum atomic E-state index is -0.980. The molecule has 0 saturated carbocycles. The van der Waals surface area contributed by atoms with Gasteiger partial charge in [0.05, 0.1) is 0 Å². The Morgan fingerprint density at radius 1 is 1.00 bits per heavy atom. The molecule has 0 aliphatic rings. The second-order valence-corrected chi connectivity index (χ2v) is 6.74. The summed E-state index contributed by atoms with van der Waals surface area (Å²) >= 11 is 0. The molecule has 7 heteroatoms. The molecule has 0 saturated heterocycles. The molecule has 122 valence electrons. The molecule has 0 spiro atoms. The highest BCUT2D eigenvalue weighted by Gasteiger charge is 2.28. The summed E-state index contributed by atoms with van der Waals surface area (Å²) in [5, 5.41) is 2.41. The minimum Gasteiger partial charge on any atom is -0.458 e. The summed E-state index contributed by atoms with van der Waals surface area (Å²) in [6.45, 7) is 10.3. The monoisotopic (exact) mass is 302 g/mol. The summed E-state index contributed by atoms with van der Waals surface area (Å²) in [5.74, 6) is -1.19. The summed E-state index contributed by atoms with van der Waals surface area (Å²) in [4.78, 5) is 34.6. The van der Waals surface area contributed by atoms with E-state index in [-0.39, 0.29) is 12.8 Å². The van der Waals surface area contributed by atoms with Crippen LogP contribution in [-0.4, -0.2) is 35.2 Å². The average Bonchev–Trinajstić information content (AvgIpc) is 2.18. The first-order valence-corrected chi connectivity index (χ1v) is 6.81. The fourth-order valence-electron chi connectivity index (χ4n) is 1.36. The molecule has 3 N–H and O–H groups in total. The van der Waals surface area contributed by atoms with Gasteiger partial charge in [0.15, 0.2) is 0 Å². The van der Waals surface area contributed by atoms with Gasteiger partial charge in [-0.3, -0.25) is 4.79 Å². The first kappa shape index (κ1) is 19.2. The van der Waals surface area contributed by atoms with Gasteiger partial charge < -0.3 is 20.5 Å². The van der Waals surface area contributed by atoms with Crippen LogP contribution in [0.4, 0.5) is 4.79 Å². The minimum absolute atomic E-state index is 0.0420. The van der Waals surface area contributed by atoms with E-state index in [9.17, 15) is 14.4 Å². The molecular weight excluding hydrogens is 276 g/mol. The zero-order valence-electron chi connectivity index (χ0n) is 13.6. The summed E-state index contributed by atoms with van der Waals surface area (Å²) in [5.41, 5.74) is 3.68. The standard InChI is InChI=1S/C14H26N2O5/c1-13(2,3)20-11(18)9(7-8-10(15)17)16-12(19)21-14(4,5)6/h9H,7-8H2,1-6H3,(H2,15,17)(H,16,19)/t9-/m1/s1. The summed E-state index contributed by atoms with van der Waals surface area (Å²) in [7, 11) is 0. The van der Waals surface area contributed by atoms with E-state index >= 15 is 0 Å². The Morgan fingerprint density at radius 2 is 1.48 bits per heavy atom. The molecule has 0 aromatic carbocycles. The highest BCUT2D eigenvalue weighted by Crippen LogP contribution is 2.12. The lowest BCUT2D eigenvalue weighted by molar-refractivity contribution is -0.157. The number of amides is 2. The molecule has 7 nitrogen and oxygen atoms in total. The van der Waals surface area contributed by atoms with Crippen LogP contribution in [0.5, 0.6) is 0 Å². The third-order valence-corrected chi connectivity index (χ3v) is 2.06. The van der Waals surface area contributed by atoms with Crippen molar-refractivity contribution < 1.29 is 23.9 Å². The van der Waals surface area contributed by atoms with Crippen molar-refractivity contribution in [2.45, 2.75) is 71.6 Å². The molecule has 0 heterocycles. The van der Waals surface area contributed by atoms with Crippen LogP contribution in [0.15, 0.2) is 0 Å². The number of nitrogens with two attached hydrogens (primary N) is 1. The lowest BCUT2D eigenvalue weighted by atomic mass is 10.1. The Labute approximate surface area is 125 Å².